The SMILES string of the molecule is CC(COc1cccc(C[C@H](C(=O)O)[C@H]2CCNC2)c1)(COc1cccc(C[C@H](C(=O)O)[C@H]2CCNC2)c1)Nc1cccc(C[C@H](C(=O)O)[C@H]2CCNC2)c1. The van der Waals surface area contributed by atoms with Crippen LogP contribution in [-0.2, 0) is 33.6 Å². The van der Waals surface area contributed by atoms with E-state index in [9.17, 15) is 29.7 Å². The number of nitrogens with one attached hydrogen (secondary N) is 4. The smallest absolute Gasteiger partial charge is 0.307 e. The monoisotopic (exact) mass is 756 g/mol. The molecule has 296 valence electrons. The molecule has 7 N–H and O–H groups in total. The molecule has 0 amide bonds. The van der Waals surface area contributed by atoms with Crippen LogP contribution < -0.4 is 30.7 Å². The first-order valence-corrected chi connectivity index (χ1v) is 19.7. The number of carboxylic acid groups (broad SMARTS) is 3. The van der Waals surface area contributed by atoms with Gasteiger partial charge in [0.15, 0.2) is 0 Å². The molecule has 6 atom stereocenters. The number of hydrogen-bond donors (Lipinski definition) is 7. The first-order chi connectivity index (χ1) is 26.5. The largest absolute Gasteiger partial charge is 0.491 e. The molecule has 3 aromatic rings. The third-order valence-electron chi connectivity index (χ3n) is 11.6. The number of aliphatic carboxylic acids is 3. The normalized spacial score (nSPS) is 21.4. The molecule has 0 unspecified atom stereocenters. The molecule has 0 aliphatic carbocycles. The number of hydrogen-bond acceptors (Lipinski definition) is 9. The fourth-order valence-electron chi connectivity index (χ4n) is 8.44. The van der Waals surface area contributed by atoms with Crippen molar-refractivity contribution in [3.8, 4) is 11.5 Å². The van der Waals surface area contributed by atoms with Gasteiger partial charge in [-0.05, 0) is 156 Å². The van der Waals surface area contributed by atoms with Crippen LogP contribution in [0.1, 0.15) is 42.9 Å². The van der Waals surface area contributed by atoms with Gasteiger partial charge in [-0.1, -0.05) is 36.4 Å². The van der Waals surface area contributed by atoms with E-state index in [1.807, 2.05) is 79.7 Å². The molecule has 3 aromatic carbocycles. The highest BCUT2D eigenvalue weighted by Crippen LogP contribution is 2.29. The summed E-state index contributed by atoms with van der Waals surface area (Å²) in [6.07, 6.45) is 3.77. The van der Waals surface area contributed by atoms with E-state index in [0.717, 1.165) is 61.3 Å². The summed E-state index contributed by atoms with van der Waals surface area (Å²) < 4.78 is 12.9. The minimum absolute atomic E-state index is 0.0777. The predicted molar refractivity (Wildman–Crippen MR) is 210 cm³/mol. The molecule has 0 spiro atoms. The molecule has 0 aromatic heterocycles. The van der Waals surface area contributed by atoms with Crippen molar-refractivity contribution in [2.45, 2.75) is 51.0 Å². The third kappa shape index (κ3) is 11.2. The Morgan fingerprint density at radius 3 is 1.38 bits per heavy atom. The fraction of sp³-hybridized carbons (Fsp3) is 0.512. The molecule has 55 heavy (non-hydrogen) atoms. The molecule has 12 nitrogen and oxygen atoms in total. The van der Waals surface area contributed by atoms with Crippen LogP contribution in [-0.4, -0.2) is 91.2 Å². The molecular formula is C43H56N4O8. The van der Waals surface area contributed by atoms with E-state index in [0.29, 0.717) is 50.4 Å². The summed E-state index contributed by atoms with van der Waals surface area (Å²) >= 11 is 0. The van der Waals surface area contributed by atoms with Gasteiger partial charge in [-0.2, -0.15) is 0 Å². The number of anilines is 1. The zero-order chi connectivity index (χ0) is 38.8. The lowest BCUT2D eigenvalue weighted by Crippen LogP contribution is -2.46. The first-order valence-electron chi connectivity index (χ1n) is 19.7. The van der Waals surface area contributed by atoms with E-state index in [4.69, 9.17) is 9.47 Å². The molecule has 3 saturated heterocycles. The van der Waals surface area contributed by atoms with E-state index in [2.05, 4.69) is 21.3 Å². The number of benzene rings is 3. The van der Waals surface area contributed by atoms with Crippen molar-refractivity contribution in [2.75, 3.05) is 57.8 Å². The van der Waals surface area contributed by atoms with Crippen LogP contribution in [0.2, 0.25) is 0 Å². The van der Waals surface area contributed by atoms with Crippen LogP contribution in [0.4, 0.5) is 5.69 Å². The summed E-state index contributed by atoms with van der Waals surface area (Å²) in [5.41, 5.74) is 2.72. The Labute approximate surface area is 323 Å². The number of ether oxygens (including phenoxy) is 2. The zero-order valence-corrected chi connectivity index (χ0v) is 31.7. The second-order valence-corrected chi connectivity index (χ2v) is 16.0. The summed E-state index contributed by atoms with van der Waals surface area (Å²) in [5, 5.41) is 43.6. The van der Waals surface area contributed by atoms with Crippen LogP contribution in [0.3, 0.4) is 0 Å². The molecule has 6 rings (SSSR count). The standard InChI is InChI=1S/C43H56N4O8/c1-43(47-34-8-2-5-28(17-34)20-37(40(48)49)31-11-14-44-23-31,26-54-35-9-3-6-29(18-35)21-38(41(50)51)32-12-15-45-24-32)27-55-36-10-4-7-30(19-36)22-39(42(52)53)33-13-16-46-25-33/h2-10,17-19,31-33,37-39,44-47H,11-16,20-27H2,1H3,(H,48,49)(H,50,51)(H,52,53)/t31-,32-,33-,37-,38-,39-/m0/s1. The molecule has 3 heterocycles. The second kappa shape index (κ2) is 18.8. The Morgan fingerprint density at radius 1 is 0.636 bits per heavy atom. The maximum Gasteiger partial charge on any atom is 0.307 e. The van der Waals surface area contributed by atoms with Crippen LogP contribution >= 0.6 is 0 Å². The Hall–Kier alpha value is -4.65. The van der Waals surface area contributed by atoms with E-state index in [1.165, 1.54) is 0 Å². The van der Waals surface area contributed by atoms with Gasteiger partial charge in [-0.25, -0.2) is 0 Å². The number of carboxylic acids is 3. The average molecular weight is 757 g/mol. The maximum absolute atomic E-state index is 12.3. The highest BCUT2D eigenvalue weighted by atomic mass is 16.5. The van der Waals surface area contributed by atoms with Crippen molar-refractivity contribution in [3.63, 3.8) is 0 Å². The quantitative estimate of drug-likeness (QED) is 0.0856. The Balaban J connectivity index is 1.18. The molecule has 3 fully saturated rings. The summed E-state index contributed by atoms with van der Waals surface area (Å²) in [6, 6.07) is 23.0. The minimum Gasteiger partial charge on any atom is -0.491 e. The Bertz CT molecular complexity index is 1670. The van der Waals surface area contributed by atoms with Gasteiger partial charge < -0.3 is 46.1 Å². The van der Waals surface area contributed by atoms with Crippen molar-refractivity contribution in [2.24, 2.45) is 35.5 Å². The lowest BCUT2D eigenvalue weighted by atomic mass is 9.86. The van der Waals surface area contributed by atoms with Gasteiger partial charge in [-0.3, -0.25) is 14.4 Å². The van der Waals surface area contributed by atoms with Crippen molar-refractivity contribution in [3.05, 3.63) is 89.5 Å². The molecule has 0 bridgehead atoms. The van der Waals surface area contributed by atoms with Gasteiger partial charge >= 0.3 is 17.9 Å². The zero-order valence-electron chi connectivity index (χ0n) is 31.7. The average Bonchev–Trinajstić information content (AvgIpc) is 3.99. The van der Waals surface area contributed by atoms with Crippen LogP contribution in [0.15, 0.2) is 72.8 Å². The van der Waals surface area contributed by atoms with Gasteiger partial charge in [0.25, 0.3) is 0 Å². The predicted octanol–water partition coefficient (Wildman–Crippen LogP) is 4.57. The number of carbonyl (C=O) groups is 3. The molecule has 0 radical (unpaired) electrons. The van der Waals surface area contributed by atoms with E-state index < -0.39 is 41.2 Å². The Kier molecular flexibility index (Phi) is 13.7. The Morgan fingerprint density at radius 2 is 1.02 bits per heavy atom. The summed E-state index contributed by atoms with van der Waals surface area (Å²) in [5.74, 6) is -2.35. The van der Waals surface area contributed by atoms with Crippen LogP contribution in [0.5, 0.6) is 11.5 Å². The van der Waals surface area contributed by atoms with Gasteiger partial charge in [0.05, 0.1) is 17.8 Å². The summed E-state index contributed by atoms with van der Waals surface area (Å²) in [7, 11) is 0. The van der Waals surface area contributed by atoms with Gasteiger partial charge in [0.1, 0.15) is 30.3 Å². The topological polar surface area (TPSA) is 178 Å². The van der Waals surface area contributed by atoms with E-state index in [-0.39, 0.29) is 31.0 Å². The second-order valence-electron chi connectivity index (χ2n) is 16.0. The highest BCUT2D eigenvalue weighted by molar-refractivity contribution is 5.72. The summed E-state index contributed by atoms with van der Waals surface area (Å²) in [4.78, 5) is 36.7. The lowest BCUT2D eigenvalue weighted by Gasteiger charge is -2.32. The molecule has 3 aliphatic heterocycles. The van der Waals surface area contributed by atoms with Crippen molar-refractivity contribution >= 4 is 23.6 Å². The lowest BCUT2D eigenvalue weighted by molar-refractivity contribution is -0.144. The third-order valence-corrected chi connectivity index (χ3v) is 11.6. The van der Waals surface area contributed by atoms with E-state index >= 15 is 0 Å². The molecular weight excluding hydrogens is 700 g/mol. The molecule has 12 heteroatoms. The van der Waals surface area contributed by atoms with Crippen LogP contribution in [0.25, 0.3) is 0 Å². The number of rotatable bonds is 20. The van der Waals surface area contributed by atoms with Crippen molar-refractivity contribution < 1.29 is 39.2 Å². The van der Waals surface area contributed by atoms with Crippen molar-refractivity contribution in [1.29, 1.82) is 0 Å². The van der Waals surface area contributed by atoms with Gasteiger partial charge in [0, 0.05) is 5.69 Å². The summed E-state index contributed by atoms with van der Waals surface area (Å²) in [6.45, 7) is 6.98. The minimum atomic E-state index is -0.788. The fourth-order valence-corrected chi connectivity index (χ4v) is 8.44. The van der Waals surface area contributed by atoms with Crippen molar-refractivity contribution in [1.82, 2.24) is 16.0 Å². The maximum atomic E-state index is 12.3. The highest BCUT2D eigenvalue weighted by Gasteiger charge is 2.34. The van der Waals surface area contributed by atoms with Crippen LogP contribution in [0, 0.1) is 35.5 Å². The first kappa shape index (κ1) is 40.0. The van der Waals surface area contributed by atoms with Gasteiger partial charge in [0.2, 0.25) is 0 Å². The molecule has 0 saturated carbocycles. The molecule has 3 aliphatic rings. The van der Waals surface area contributed by atoms with Gasteiger partial charge in [-0.15, -0.1) is 0 Å². The van der Waals surface area contributed by atoms with E-state index in [1.54, 1.807) is 0 Å².